The van der Waals surface area contributed by atoms with Crippen molar-refractivity contribution < 1.29 is 4.21 Å². The minimum absolute atomic E-state index is 0.116. The van der Waals surface area contributed by atoms with Gasteiger partial charge in [0.15, 0.2) is 5.17 Å². The highest BCUT2D eigenvalue weighted by Gasteiger charge is 2.51. The van der Waals surface area contributed by atoms with Crippen molar-refractivity contribution in [3.05, 3.63) is 71.8 Å². The lowest BCUT2D eigenvalue weighted by molar-refractivity contribution is 0.636. The summed E-state index contributed by atoms with van der Waals surface area (Å²) in [7, 11) is -1.81. The maximum Gasteiger partial charge on any atom is 0.185 e. The normalized spacial score (nSPS) is 22.1. The van der Waals surface area contributed by atoms with Crippen molar-refractivity contribution in [1.82, 2.24) is 10.0 Å². The highest BCUT2D eigenvalue weighted by Crippen LogP contribution is 2.40. The summed E-state index contributed by atoms with van der Waals surface area (Å²) in [5.74, 6) is 0.378. The standard InChI is InChI=1S/C22H29N3OS2/c1-5-17(2)28(26,23-4,16-18-12-8-6-9-13-18)21-24-20(27)22(3,25-21)19-14-10-7-11-15-19/h6-15,17H,5,16H2,1-4H3,(H,23,26)(H,24,25,27). The number of nitrogens with one attached hydrogen (secondary N) is 2. The molecule has 1 heterocycles. The SMILES string of the molecule is CCC(C)S(=O)(Cc1ccccc1)(NC)C1=NC(C)(c2ccccc2)C(=S)N1. The first-order valence-corrected chi connectivity index (χ1v) is 12.2. The van der Waals surface area contributed by atoms with Gasteiger partial charge < -0.3 is 5.32 Å². The summed E-state index contributed by atoms with van der Waals surface area (Å²) in [5, 5.41) is 3.63. The topological polar surface area (TPSA) is 53.5 Å². The van der Waals surface area contributed by atoms with E-state index in [1.54, 1.807) is 7.05 Å². The number of rotatable bonds is 6. The van der Waals surface area contributed by atoms with Gasteiger partial charge in [-0.2, -0.15) is 0 Å². The Balaban J connectivity index is 2.18. The van der Waals surface area contributed by atoms with E-state index >= 15 is 0 Å². The van der Waals surface area contributed by atoms with Crippen molar-refractivity contribution in [1.29, 1.82) is 0 Å². The lowest BCUT2D eigenvalue weighted by Gasteiger charge is -2.46. The summed E-state index contributed by atoms with van der Waals surface area (Å²) in [6.45, 7) is 6.07. The summed E-state index contributed by atoms with van der Waals surface area (Å²) in [6, 6.07) is 19.9. The number of thiocarbonyl (C=S) groups is 1. The molecule has 0 amide bonds. The van der Waals surface area contributed by atoms with Gasteiger partial charge in [-0.05, 0) is 31.5 Å². The van der Waals surface area contributed by atoms with Gasteiger partial charge in [0.05, 0.1) is 0 Å². The Kier molecular flexibility index (Phi) is 5.58. The summed E-state index contributed by atoms with van der Waals surface area (Å²) in [4.78, 5) is 5.57. The van der Waals surface area contributed by atoms with E-state index in [1.165, 1.54) is 0 Å². The molecule has 0 fully saturated rings. The average molecular weight is 416 g/mol. The highest BCUT2D eigenvalue weighted by atomic mass is 32.3. The fraction of sp³-hybridized carbons (Fsp3) is 0.364. The monoisotopic (exact) mass is 415 g/mol. The fourth-order valence-corrected chi connectivity index (χ4v) is 7.84. The van der Waals surface area contributed by atoms with E-state index in [0.717, 1.165) is 17.5 Å². The van der Waals surface area contributed by atoms with Crippen LogP contribution in [-0.2, 0) is 20.5 Å². The molecule has 2 atom stereocenters. The van der Waals surface area contributed by atoms with Crippen molar-refractivity contribution in [3.8, 4) is 0 Å². The Labute approximate surface area is 173 Å². The van der Waals surface area contributed by atoms with Gasteiger partial charge in [0.2, 0.25) is 0 Å². The summed E-state index contributed by atoms with van der Waals surface area (Å²) < 4.78 is 18.2. The second-order valence-corrected chi connectivity index (χ2v) is 12.2. The molecule has 0 bridgehead atoms. The number of amidine groups is 1. The molecule has 0 aliphatic carbocycles. The van der Waals surface area contributed by atoms with Gasteiger partial charge in [-0.3, -0.25) is 8.93 Å². The molecule has 1 aliphatic heterocycles. The van der Waals surface area contributed by atoms with Crippen LogP contribution in [0.4, 0.5) is 0 Å². The Bertz CT molecular complexity index is 958. The first kappa shape index (κ1) is 20.8. The molecule has 2 aromatic rings. The Morgan fingerprint density at radius 3 is 2.25 bits per heavy atom. The second-order valence-electron chi connectivity index (χ2n) is 7.54. The van der Waals surface area contributed by atoms with Crippen LogP contribution in [0, 0.1) is 0 Å². The van der Waals surface area contributed by atoms with E-state index in [2.05, 4.69) is 17.0 Å². The van der Waals surface area contributed by atoms with Gasteiger partial charge in [0.25, 0.3) is 0 Å². The average Bonchev–Trinajstić information content (AvgIpc) is 3.05. The predicted octanol–water partition coefficient (Wildman–Crippen LogP) is 4.14. The third-order valence-electron chi connectivity index (χ3n) is 5.92. The van der Waals surface area contributed by atoms with Crippen molar-refractivity contribution in [2.24, 2.45) is 4.99 Å². The maximum absolute atomic E-state index is 15.0. The molecular formula is C22H29N3OS2. The van der Waals surface area contributed by atoms with Gasteiger partial charge in [-0.1, -0.05) is 86.7 Å². The lowest BCUT2D eigenvalue weighted by Crippen LogP contribution is -2.63. The molecule has 0 aromatic heterocycles. The maximum atomic E-state index is 15.0. The molecule has 1 aliphatic rings. The van der Waals surface area contributed by atoms with Gasteiger partial charge >= 0.3 is 0 Å². The predicted molar refractivity (Wildman–Crippen MR) is 124 cm³/mol. The third-order valence-corrected chi connectivity index (χ3v) is 11.3. The summed E-state index contributed by atoms with van der Waals surface area (Å²) in [5.41, 5.74) is 1.27. The quantitative estimate of drug-likeness (QED) is 0.697. The van der Waals surface area contributed by atoms with Crippen LogP contribution in [-0.4, -0.2) is 26.7 Å². The van der Waals surface area contributed by atoms with Crippen molar-refractivity contribution >= 4 is 31.6 Å². The molecule has 28 heavy (non-hydrogen) atoms. The van der Waals surface area contributed by atoms with Crippen LogP contribution in [0.3, 0.4) is 0 Å². The molecule has 2 N–H and O–H groups in total. The van der Waals surface area contributed by atoms with Gasteiger partial charge in [-0.15, -0.1) is 0 Å². The Morgan fingerprint density at radius 1 is 1.14 bits per heavy atom. The Hall–Kier alpha value is -1.89. The molecule has 150 valence electrons. The summed E-state index contributed by atoms with van der Waals surface area (Å²) >= 11 is 5.69. The minimum Gasteiger partial charge on any atom is -0.325 e. The zero-order chi connectivity index (χ0) is 20.4. The second kappa shape index (κ2) is 7.50. The van der Waals surface area contributed by atoms with E-state index in [4.69, 9.17) is 17.2 Å². The van der Waals surface area contributed by atoms with E-state index in [9.17, 15) is 4.21 Å². The van der Waals surface area contributed by atoms with Crippen LogP contribution in [0.5, 0.6) is 0 Å². The molecule has 0 saturated heterocycles. The van der Waals surface area contributed by atoms with Gasteiger partial charge in [0, 0.05) is 20.3 Å². The zero-order valence-corrected chi connectivity index (χ0v) is 18.6. The van der Waals surface area contributed by atoms with E-state index < -0.39 is 14.8 Å². The van der Waals surface area contributed by atoms with Crippen molar-refractivity contribution in [3.63, 3.8) is 0 Å². The Morgan fingerprint density at radius 2 is 1.71 bits per heavy atom. The molecule has 2 unspecified atom stereocenters. The largest absolute Gasteiger partial charge is 0.325 e. The highest BCUT2D eigenvalue weighted by molar-refractivity contribution is 8.30. The lowest BCUT2D eigenvalue weighted by atomic mass is 9.93. The smallest absolute Gasteiger partial charge is 0.185 e. The molecule has 2 aromatic carbocycles. The van der Waals surface area contributed by atoms with Crippen LogP contribution in [0.15, 0.2) is 65.7 Å². The molecule has 3 rings (SSSR count). The fourth-order valence-electron chi connectivity index (χ4n) is 3.70. The van der Waals surface area contributed by atoms with Crippen LogP contribution in [0.1, 0.15) is 38.3 Å². The first-order chi connectivity index (χ1) is 13.3. The van der Waals surface area contributed by atoms with Crippen LogP contribution >= 0.6 is 12.2 Å². The van der Waals surface area contributed by atoms with E-state index in [1.807, 2.05) is 74.5 Å². The number of aliphatic imine (C=N–C) groups is 1. The molecular weight excluding hydrogens is 386 g/mol. The zero-order valence-electron chi connectivity index (χ0n) is 16.9. The van der Waals surface area contributed by atoms with Crippen LogP contribution < -0.4 is 10.0 Å². The number of benzene rings is 2. The minimum atomic E-state index is -3.58. The van der Waals surface area contributed by atoms with Crippen LogP contribution in [0.2, 0.25) is 0 Å². The number of hydrogen-bond acceptors (Lipinski definition) is 3. The van der Waals surface area contributed by atoms with Crippen molar-refractivity contribution in [2.75, 3.05) is 7.05 Å². The first-order valence-electron chi connectivity index (χ1n) is 9.62. The third kappa shape index (κ3) is 3.23. The van der Waals surface area contributed by atoms with Crippen molar-refractivity contribution in [2.45, 2.75) is 43.7 Å². The van der Waals surface area contributed by atoms with E-state index in [0.29, 0.717) is 15.9 Å². The number of nitrogens with zero attached hydrogens (tertiary/aromatic N) is 1. The number of hydrogen-bond donors (Lipinski definition) is 2. The van der Waals surface area contributed by atoms with E-state index in [-0.39, 0.29) is 5.25 Å². The molecule has 4 nitrogen and oxygen atoms in total. The van der Waals surface area contributed by atoms with Gasteiger partial charge in [0.1, 0.15) is 10.5 Å². The molecule has 6 heteroatoms. The molecule has 0 spiro atoms. The van der Waals surface area contributed by atoms with Crippen LogP contribution in [0.25, 0.3) is 0 Å². The van der Waals surface area contributed by atoms with Gasteiger partial charge in [-0.25, -0.2) is 4.99 Å². The molecule has 0 saturated carbocycles. The molecule has 0 radical (unpaired) electrons. The summed E-state index contributed by atoms with van der Waals surface area (Å²) in [6.07, 6.45) is 0.758.